The maximum absolute atomic E-state index is 12.6. The molecule has 0 atom stereocenters. The Morgan fingerprint density at radius 3 is 2.12 bits per heavy atom. The number of carbonyl (C=O) groups excluding carboxylic acids is 2. The fourth-order valence-electron chi connectivity index (χ4n) is 2.64. The molecular formula is C18H12Cl2N2O4. The Hall–Kier alpha value is -2.70. The Morgan fingerprint density at radius 2 is 1.54 bits per heavy atom. The zero-order valence-corrected chi connectivity index (χ0v) is 14.8. The second kappa shape index (κ2) is 7.27. The third-order valence-electron chi connectivity index (χ3n) is 4.02. The number of imide groups is 1. The number of nitro benzene ring substituents is 1. The predicted molar refractivity (Wildman–Crippen MR) is 97.7 cm³/mol. The maximum Gasteiger partial charge on any atom is 0.273 e. The third kappa shape index (κ3) is 3.47. The minimum Gasteiger partial charge on any atom is -0.273 e. The number of carbonyl (C=O) groups is 2. The van der Waals surface area contributed by atoms with Crippen molar-refractivity contribution in [2.24, 2.45) is 0 Å². The van der Waals surface area contributed by atoms with Gasteiger partial charge in [0.05, 0.1) is 10.5 Å². The normalized spacial score (nSPS) is 14.3. The summed E-state index contributed by atoms with van der Waals surface area (Å²) in [4.78, 5) is 36.2. The molecule has 0 aliphatic carbocycles. The summed E-state index contributed by atoms with van der Waals surface area (Å²) >= 11 is 11.9. The van der Waals surface area contributed by atoms with Gasteiger partial charge in [-0.2, -0.15) is 0 Å². The van der Waals surface area contributed by atoms with E-state index in [4.69, 9.17) is 23.2 Å². The van der Waals surface area contributed by atoms with Crippen LogP contribution in [0.1, 0.15) is 11.1 Å². The van der Waals surface area contributed by atoms with Gasteiger partial charge < -0.3 is 0 Å². The minimum atomic E-state index is -0.570. The Bertz CT molecular complexity index is 921. The summed E-state index contributed by atoms with van der Waals surface area (Å²) in [5, 5.41) is 11.2. The fraction of sp³-hybridized carbons (Fsp3) is 0.111. The Labute approximate surface area is 158 Å². The Kier molecular flexibility index (Phi) is 5.06. The number of nitrogens with zero attached hydrogens (tertiary/aromatic N) is 2. The molecule has 0 spiro atoms. The van der Waals surface area contributed by atoms with Crippen molar-refractivity contribution in [2.45, 2.75) is 6.42 Å². The van der Waals surface area contributed by atoms with E-state index in [0.29, 0.717) is 17.0 Å². The van der Waals surface area contributed by atoms with E-state index in [0.717, 1.165) is 10.5 Å². The number of benzene rings is 2. The van der Waals surface area contributed by atoms with Crippen LogP contribution in [-0.2, 0) is 16.0 Å². The number of hydrogen-bond acceptors (Lipinski definition) is 4. The van der Waals surface area contributed by atoms with E-state index < -0.39 is 16.7 Å². The molecule has 0 bridgehead atoms. The van der Waals surface area contributed by atoms with Gasteiger partial charge in [-0.1, -0.05) is 35.3 Å². The molecule has 1 aliphatic heterocycles. The molecule has 1 heterocycles. The van der Waals surface area contributed by atoms with E-state index in [1.165, 1.54) is 24.3 Å². The Balaban J connectivity index is 1.78. The maximum atomic E-state index is 12.6. The van der Waals surface area contributed by atoms with E-state index in [-0.39, 0.29) is 22.8 Å². The van der Waals surface area contributed by atoms with E-state index in [1.807, 2.05) is 12.1 Å². The molecular weight excluding hydrogens is 379 g/mol. The average molecular weight is 391 g/mol. The first-order valence-corrected chi connectivity index (χ1v) is 8.39. The topological polar surface area (TPSA) is 80.5 Å². The van der Waals surface area contributed by atoms with Gasteiger partial charge in [0.15, 0.2) is 0 Å². The number of amides is 2. The van der Waals surface area contributed by atoms with Gasteiger partial charge in [0.1, 0.15) is 5.03 Å². The lowest BCUT2D eigenvalue weighted by Gasteiger charge is -2.14. The first kappa shape index (κ1) is 18.1. The van der Waals surface area contributed by atoms with Gasteiger partial charge in [0, 0.05) is 23.7 Å². The van der Waals surface area contributed by atoms with Crippen LogP contribution in [0.2, 0.25) is 5.02 Å². The molecule has 3 rings (SSSR count). The number of non-ortho nitro benzene ring substituents is 1. The first-order valence-electron chi connectivity index (χ1n) is 7.63. The number of nitro groups is 1. The van der Waals surface area contributed by atoms with Crippen molar-refractivity contribution >= 4 is 46.3 Å². The standard InChI is InChI=1S/C18H12Cl2N2O4/c19-13-5-1-11(2-6-13)9-10-21-17(23)15(16(20)18(21)24)12-3-7-14(8-4-12)22(25)26/h1-8H,9-10H2. The second-order valence-corrected chi connectivity index (χ2v) is 6.45. The second-order valence-electron chi connectivity index (χ2n) is 5.63. The van der Waals surface area contributed by atoms with Crippen molar-refractivity contribution in [2.75, 3.05) is 6.54 Å². The lowest BCUT2D eigenvalue weighted by Crippen LogP contribution is -2.33. The van der Waals surface area contributed by atoms with Gasteiger partial charge in [0.2, 0.25) is 0 Å². The van der Waals surface area contributed by atoms with Crippen molar-refractivity contribution in [3.8, 4) is 0 Å². The van der Waals surface area contributed by atoms with Gasteiger partial charge >= 0.3 is 0 Å². The molecule has 1 aliphatic rings. The summed E-state index contributed by atoms with van der Waals surface area (Å²) in [6.07, 6.45) is 0.465. The van der Waals surface area contributed by atoms with Crippen LogP contribution >= 0.6 is 23.2 Å². The highest BCUT2D eigenvalue weighted by Gasteiger charge is 2.37. The van der Waals surface area contributed by atoms with Gasteiger partial charge in [0.25, 0.3) is 17.5 Å². The van der Waals surface area contributed by atoms with Gasteiger partial charge in [-0.25, -0.2) is 0 Å². The molecule has 0 saturated heterocycles. The van der Waals surface area contributed by atoms with Crippen LogP contribution in [0.4, 0.5) is 5.69 Å². The van der Waals surface area contributed by atoms with Crippen LogP contribution < -0.4 is 0 Å². The van der Waals surface area contributed by atoms with Crippen LogP contribution in [0.25, 0.3) is 5.57 Å². The summed E-state index contributed by atoms with van der Waals surface area (Å²) in [6.45, 7) is 0.173. The molecule has 0 saturated carbocycles. The highest BCUT2D eigenvalue weighted by atomic mass is 35.5. The summed E-state index contributed by atoms with van der Waals surface area (Å²) in [5.41, 5.74) is 1.24. The van der Waals surface area contributed by atoms with Gasteiger partial charge in [-0.05, 0) is 41.8 Å². The minimum absolute atomic E-state index is 0.0580. The molecule has 0 aromatic heterocycles. The zero-order valence-electron chi connectivity index (χ0n) is 13.3. The number of halogens is 2. The van der Waals surface area contributed by atoms with Crippen LogP contribution in [0.5, 0.6) is 0 Å². The molecule has 2 aromatic rings. The Morgan fingerprint density at radius 1 is 0.923 bits per heavy atom. The average Bonchev–Trinajstić information content (AvgIpc) is 2.84. The fourth-order valence-corrected chi connectivity index (χ4v) is 3.06. The highest BCUT2D eigenvalue weighted by molar-refractivity contribution is 6.55. The molecule has 8 heteroatoms. The van der Waals surface area contributed by atoms with Gasteiger partial charge in [-0.15, -0.1) is 0 Å². The van der Waals surface area contributed by atoms with Crippen molar-refractivity contribution in [3.63, 3.8) is 0 Å². The predicted octanol–water partition coefficient (Wildman–Crippen LogP) is 3.81. The van der Waals surface area contributed by atoms with E-state index in [9.17, 15) is 19.7 Å². The van der Waals surface area contributed by atoms with Crippen LogP contribution in [0.15, 0.2) is 53.6 Å². The summed E-state index contributed by atoms with van der Waals surface area (Å²) in [5.74, 6) is -1.08. The molecule has 0 radical (unpaired) electrons. The first-order chi connectivity index (χ1) is 12.4. The number of rotatable bonds is 5. The van der Waals surface area contributed by atoms with E-state index in [1.54, 1.807) is 12.1 Å². The smallest absolute Gasteiger partial charge is 0.273 e. The molecule has 2 amide bonds. The molecule has 2 aromatic carbocycles. The molecule has 26 heavy (non-hydrogen) atoms. The summed E-state index contributed by atoms with van der Waals surface area (Å²) in [7, 11) is 0. The molecule has 0 N–H and O–H groups in total. The summed E-state index contributed by atoms with van der Waals surface area (Å²) in [6, 6.07) is 12.4. The SMILES string of the molecule is O=C1C(Cl)=C(c2ccc([N+](=O)[O-])cc2)C(=O)N1CCc1ccc(Cl)cc1. The molecule has 6 nitrogen and oxygen atoms in total. The van der Waals surface area contributed by atoms with E-state index >= 15 is 0 Å². The molecule has 132 valence electrons. The molecule has 0 fully saturated rings. The van der Waals surface area contributed by atoms with Crippen molar-refractivity contribution in [1.82, 2.24) is 4.90 Å². The monoisotopic (exact) mass is 390 g/mol. The largest absolute Gasteiger partial charge is 0.273 e. The third-order valence-corrected chi connectivity index (χ3v) is 4.62. The van der Waals surface area contributed by atoms with Crippen molar-refractivity contribution in [1.29, 1.82) is 0 Å². The van der Waals surface area contributed by atoms with Crippen molar-refractivity contribution in [3.05, 3.63) is 79.8 Å². The van der Waals surface area contributed by atoms with Crippen LogP contribution in [-0.4, -0.2) is 28.2 Å². The lowest BCUT2D eigenvalue weighted by molar-refractivity contribution is -0.384. The van der Waals surface area contributed by atoms with E-state index in [2.05, 4.69) is 0 Å². The summed E-state index contributed by atoms with van der Waals surface area (Å²) < 4.78 is 0. The van der Waals surface area contributed by atoms with Crippen LogP contribution in [0, 0.1) is 10.1 Å². The van der Waals surface area contributed by atoms with Gasteiger partial charge in [-0.3, -0.25) is 24.6 Å². The number of hydrogen-bond donors (Lipinski definition) is 0. The molecule has 0 unspecified atom stereocenters. The van der Waals surface area contributed by atoms with Crippen molar-refractivity contribution < 1.29 is 14.5 Å². The zero-order chi connectivity index (χ0) is 18.8. The van der Waals surface area contributed by atoms with Crippen LogP contribution in [0.3, 0.4) is 0 Å². The highest BCUT2D eigenvalue weighted by Crippen LogP contribution is 2.32. The quantitative estimate of drug-likeness (QED) is 0.441. The lowest BCUT2D eigenvalue weighted by atomic mass is 10.1.